The van der Waals surface area contributed by atoms with Gasteiger partial charge in [0, 0.05) is 6.54 Å². The average molecular weight is 396 g/mol. The summed E-state index contributed by atoms with van der Waals surface area (Å²) in [5, 5.41) is 17.9. The number of carboxylic acids is 1. The zero-order valence-corrected chi connectivity index (χ0v) is 16.9. The molecule has 2 aliphatic rings. The van der Waals surface area contributed by atoms with Gasteiger partial charge in [-0.1, -0.05) is 20.3 Å². The summed E-state index contributed by atoms with van der Waals surface area (Å²) >= 11 is 0. The van der Waals surface area contributed by atoms with Crippen LogP contribution in [0.1, 0.15) is 52.9 Å². The van der Waals surface area contributed by atoms with Gasteiger partial charge in [0.05, 0.1) is 6.04 Å². The van der Waals surface area contributed by atoms with Crippen LogP contribution in [-0.2, 0) is 19.2 Å². The highest BCUT2D eigenvalue weighted by molar-refractivity contribution is 5.94. The average Bonchev–Trinajstić information content (AvgIpc) is 3.36. The zero-order valence-electron chi connectivity index (χ0n) is 16.9. The molecule has 2 heterocycles. The summed E-state index contributed by atoms with van der Waals surface area (Å²) in [5.41, 5.74) is 0. The summed E-state index contributed by atoms with van der Waals surface area (Å²) in [6, 6.07) is -2.74. The van der Waals surface area contributed by atoms with Crippen molar-refractivity contribution in [1.29, 1.82) is 0 Å². The molecular weight excluding hydrogens is 364 g/mol. The molecule has 4 N–H and O–H groups in total. The van der Waals surface area contributed by atoms with Gasteiger partial charge in [0.15, 0.2) is 0 Å². The van der Waals surface area contributed by atoms with Crippen LogP contribution in [0.4, 0.5) is 0 Å². The first-order valence-electron chi connectivity index (χ1n) is 10.1. The van der Waals surface area contributed by atoms with Crippen molar-refractivity contribution in [2.24, 2.45) is 5.92 Å². The predicted octanol–water partition coefficient (Wildman–Crippen LogP) is -0.150. The quantitative estimate of drug-likeness (QED) is 0.452. The maximum absolute atomic E-state index is 12.8. The van der Waals surface area contributed by atoms with E-state index in [-0.39, 0.29) is 17.9 Å². The molecule has 0 aliphatic carbocycles. The first-order valence-corrected chi connectivity index (χ1v) is 10.1. The van der Waals surface area contributed by atoms with Crippen molar-refractivity contribution >= 4 is 23.7 Å². The highest BCUT2D eigenvalue weighted by Gasteiger charge is 2.37. The van der Waals surface area contributed by atoms with Crippen LogP contribution in [0.25, 0.3) is 0 Å². The van der Waals surface area contributed by atoms with Gasteiger partial charge in [0.2, 0.25) is 17.7 Å². The number of carbonyl (C=O) groups is 4. The lowest BCUT2D eigenvalue weighted by Gasteiger charge is -2.29. The van der Waals surface area contributed by atoms with E-state index in [1.165, 1.54) is 4.90 Å². The summed E-state index contributed by atoms with van der Waals surface area (Å²) < 4.78 is 0. The number of likely N-dealkylation sites (tertiary alicyclic amines) is 1. The molecule has 0 spiro atoms. The van der Waals surface area contributed by atoms with Crippen molar-refractivity contribution in [3.63, 3.8) is 0 Å². The van der Waals surface area contributed by atoms with Crippen molar-refractivity contribution in [3.8, 4) is 0 Å². The van der Waals surface area contributed by atoms with Crippen LogP contribution in [0, 0.1) is 5.92 Å². The number of amides is 3. The summed E-state index contributed by atoms with van der Waals surface area (Å²) in [6.07, 6.45) is 3.39. The summed E-state index contributed by atoms with van der Waals surface area (Å²) in [6.45, 7) is 6.51. The molecule has 0 bridgehead atoms. The Kier molecular flexibility index (Phi) is 7.79. The highest BCUT2D eigenvalue weighted by atomic mass is 16.4. The number of carboxylic acid groups (broad SMARTS) is 1. The van der Waals surface area contributed by atoms with Crippen LogP contribution < -0.4 is 16.0 Å². The molecule has 2 saturated heterocycles. The SMILES string of the molecule is CCC(C)C(NC(=O)C1CCCN1)C(=O)NC(C)C(=O)N1CCCC1C(=O)O. The van der Waals surface area contributed by atoms with Crippen LogP contribution in [-0.4, -0.2) is 71.0 Å². The van der Waals surface area contributed by atoms with Gasteiger partial charge in [-0.05, 0) is 45.1 Å². The lowest BCUT2D eigenvalue weighted by molar-refractivity contribution is -0.149. The number of aliphatic carboxylic acids is 1. The van der Waals surface area contributed by atoms with Crippen LogP contribution in [0.3, 0.4) is 0 Å². The Morgan fingerprint density at radius 2 is 1.86 bits per heavy atom. The third-order valence-corrected chi connectivity index (χ3v) is 5.72. The minimum absolute atomic E-state index is 0.105. The number of hydrogen-bond donors (Lipinski definition) is 4. The first-order chi connectivity index (χ1) is 13.3. The highest BCUT2D eigenvalue weighted by Crippen LogP contribution is 2.19. The molecular formula is C19H32N4O5. The molecule has 5 unspecified atom stereocenters. The standard InChI is InChI=1S/C19H32N4O5/c1-4-11(2)15(22-16(24)13-7-5-9-20-13)17(25)21-12(3)18(26)23-10-6-8-14(23)19(27)28/h11-15,20H,4-10H2,1-3H3,(H,21,25)(H,22,24)(H,27,28). The predicted molar refractivity (Wildman–Crippen MR) is 102 cm³/mol. The molecule has 9 nitrogen and oxygen atoms in total. The van der Waals surface area contributed by atoms with Crippen molar-refractivity contribution < 1.29 is 24.3 Å². The van der Waals surface area contributed by atoms with Gasteiger partial charge >= 0.3 is 5.97 Å². The van der Waals surface area contributed by atoms with E-state index in [2.05, 4.69) is 16.0 Å². The van der Waals surface area contributed by atoms with E-state index < -0.39 is 35.9 Å². The Bertz CT molecular complexity index is 605. The van der Waals surface area contributed by atoms with Gasteiger partial charge in [0.1, 0.15) is 18.1 Å². The van der Waals surface area contributed by atoms with Gasteiger partial charge in [-0.3, -0.25) is 14.4 Å². The maximum atomic E-state index is 12.8. The molecule has 9 heteroatoms. The third kappa shape index (κ3) is 5.21. The van der Waals surface area contributed by atoms with Gasteiger partial charge in [-0.25, -0.2) is 4.79 Å². The van der Waals surface area contributed by atoms with Crippen molar-refractivity contribution in [1.82, 2.24) is 20.9 Å². The molecule has 0 saturated carbocycles. The topological polar surface area (TPSA) is 128 Å². The van der Waals surface area contributed by atoms with Gasteiger partial charge in [0.25, 0.3) is 0 Å². The van der Waals surface area contributed by atoms with Crippen molar-refractivity contribution in [2.75, 3.05) is 13.1 Å². The molecule has 28 heavy (non-hydrogen) atoms. The fourth-order valence-corrected chi connectivity index (χ4v) is 3.76. The van der Waals surface area contributed by atoms with Gasteiger partial charge in [-0.2, -0.15) is 0 Å². The largest absolute Gasteiger partial charge is 0.480 e. The summed E-state index contributed by atoms with van der Waals surface area (Å²) in [4.78, 5) is 50.5. The van der Waals surface area contributed by atoms with Crippen molar-refractivity contribution in [2.45, 2.75) is 77.0 Å². The van der Waals surface area contributed by atoms with Crippen LogP contribution in [0.15, 0.2) is 0 Å². The lowest BCUT2D eigenvalue weighted by Crippen LogP contribution is -2.57. The number of carbonyl (C=O) groups excluding carboxylic acids is 3. The monoisotopic (exact) mass is 396 g/mol. The normalized spacial score (nSPS) is 25.0. The number of hydrogen-bond acceptors (Lipinski definition) is 5. The second-order valence-electron chi connectivity index (χ2n) is 7.78. The molecule has 2 aliphatic heterocycles. The molecule has 158 valence electrons. The van der Waals surface area contributed by atoms with Crippen LogP contribution in [0.5, 0.6) is 0 Å². The molecule has 0 aromatic heterocycles. The third-order valence-electron chi connectivity index (χ3n) is 5.72. The van der Waals surface area contributed by atoms with E-state index in [4.69, 9.17) is 0 Å². The number of nitrogens with zero attached hydrogens (tertiary/aromatic N) is 1. The maximum Gasteiger partial charge on any atom is 0.326 e. The Morgan fingerprint density at radius 1 is 1.14 bits per heavy atom. The smallest absolute Gasteiger partial charge is 0.326 e. The second kappa shape index (κ2) is 9.86. The van der Waals surface area contributed by atoms with Crippen LogP contribution >= 0.6 is 0 Å². The summed E-state index contributed by atoms with van der Waals surface area (Å²) in [7, 11) is 0. The first kappa shape index (κ1) is 22.1. The Hall–Kier alpha value is -2.16. The van der Waals surface area contributed by atoms with Crippen LogP contribution in [0.2, 0.25) is 0 Å². The molecule has 0 radical (unpaired) electrons. The molecule has 0 aromatic carbocycles. The van der Waals surface area contributed by atoms with E-state index in [0.717, 1.165) is 19.4 Å². The van der Waals surface area contributed by atoms with Crippen molar-refractivity contribution in [3.05, 3.63) is 0 Å². The van der Waals surface area contributed by atoms with E-state index in [0.29, 0.717) is 25.8 Å². The Morgan fingerprint density at radius 3 is 2.43 bits per heavy atom. The minimum Gasteiger partial charge on any atom is -0.480 e. The van der Waals surface area contributed by atoms with Gasteiger partial charge < -0.3 is 26.0 Å². The Balaban J connectivity index is 2.00. The van der Waals surface area contributed by atoms with E-state index in [9.17, 15) is 24.3 Å². The molecule has 3 amide bonds. The summed E-state index contributed by atoms with van der Waals surface area (Å²) in [5.74, 6) is -2.18. The van der Waals surface area contributed by atoms with E-state index >= 15 is 0 Å². The van der Waals surface area contributed by atoms with Gasteiger partial charge in [-0.15, -0.1) is 0 Å². The number of rotatable bonds is 8. The molecule has 5 atom stereocenters. The second-order valence-corrected chi connectivity index (χ2v) is 7.78. The molecule has 2 rings (SSSR count). The Labute approximate surface area is 165 Å². The fourth-order valence-electron chi connectivity index (χ4n) is 3.76. The zero-order chi connectivity index (χ0) is 20.8. The lowest BCUT2D eigenvalue weighted by atomic mass is 9.97. The van der Waals surface area contributed by atoms with E-state index in [1.807, 2.05) is 13.8 Å². The molecule has 0 aromatic rings. The number of nitrogens with one attached hydrogen (secondary N) is 3. The molecule has 2 fully saturated rings. The fraction of sp³-hybridized carbons (Fsp3) is 0.789. The minimum atomic E-state index is -1.03. The van der Waals surface area contributed by atoms with E-state index in [1.54, 1.807) is 6.92 Å².